The highest BCUT2D eigenvalue weighted by atomic mass is 16.6. The molecule has 0 bridgehead atoms. The molecule has 6 nitrogen and oxygen atoms in total. The Balaban J connectivity index is 4.35. The minimum Gasteiger partial charge on any atom is -0.462 e. The zero-order chi connectivity index (χ0) is 45.8. The summed E-state index contributed by atoms with van der Waals surface area (Å²) in [7, 11) is 0. The van der Waals surface area contributed by atoms with Gasteiger partial charge >= 0.3 is 17.9 Å². The second-order valence-electron chi connectivity index (χ2n) is 18.8. The maximum atomic E-state index is 12.8. The molecule has 0 saturated carbocycles. The number of allylic oxidation sites excluding steroid dienone is 4. The number of hydrogen-bond acceptors (Lipinski definition) is 6. The number of rotatable bonds is 51. The van der Waals surface area contributed by atoms with Crippen LogP contribution in [0.2, 0.25) is 0 Å². The highest BCUT2D eigenvalue weighted by Crippen LogP contribution is 2.16. The number of ether oxygens (including phenoxy) is 3. The third-order valence-corrected chi connectivity index (χ3v) is 12.4. The number of hydrogen-bond donors (Lipinski definition) is 0. The first-order valence-electron chi connectivity index (χ1n) is 27.8. The fraction of sp³-hybridized carbons (Fsp3) is 0.877. The van der Waals surface area contributed by atoms with Gasteiger partial charge in [-0.2, -0.15) is 0 Å². The molecule has 0 aliphatic heterocycles. The van der Waals surface area contributed by atoms with Crippen LogP contribution in [0.5, 0.6) is 0 Å². The van der Waals surface area contributed by atoms with Gasteiger partial charge in [-0.1, -0.05) is 238 Å². The van der Waals surface area contributed by atoms with Gasteiger partial charge in [-0.25, -0.2) is 0 Å². The standard InChI is InChI=1S/C57H106O6/c1-4-7-10-13-16-19-22-25-27-28-30-33-36-39-42-45-48-51-57(60)63-54(52-61-55(58)49-46-43-40-37-34-31-24-21-18-15-12-9-6-3)53-62-56(59)50-47-44-41-38-35-32-29-26-23-20-17-14-11-8-5-2/h25-27,29,54H,4-24,28,30-53H2,1-3H3/b27-25-,29-26-/t54-/m0/s1. The predicted octanol–water partition coefficient (Wildman–Crippen LogP) is 18.3. The molecule has 0 heterocycles. The Morgan fingerprint density at radius 1 is 0.302 bits per heavy atom. The molecule has 0 spiro atoms. The molecule has 0 fully saturated rings. The van der Waals surface area contributed by atoms with Crippen LogP contribution in [-0.4, -0.2) is 37.2 Å². The Morgan fingerprint density at radius 3 is 0.794 bits per heavy atom. The summed E-state index contributed by atoms with van der Waals surface area (Å²) in [6.45, 7) is 6.65. The highest BCUT2D eigenvalue weighted by molar-refractivity contribution is 5.71. The lowest BCUT2D eigenvalue weighted by atomic mass is 10.0. The van der Waals surface area contributed by atoms with E-state index in [1.165, 1.54) is 199 Å². The van der Waals surface area contributed by atoms with E-state index in [2.05, 4.69) is 45.1 Å². The number of carbonyl (C=O) groups is 3. The zero-order valence-corrected chi connectivity index (χ0v) is 42.4. The Labute approximate surface area is 392 Å². The van der Waals surface area contributed by atoms with Gasteiger partial charge in [0.15, 0.2) is 6.10 Å². The molecule has 0 unspecified atom stereocenters. The molecule has 0 radical (unpaired) electrons. The first-order valence-corrected chi connectivity index (χ1v) is 27.8. The summed E-state index contributed by atoms with van der Waals surface area (Å²) >= 11 is 0. The molecular formula is C57H106O6. The van der Waals surface area contributed by atoms with Gasteiger partial charge in [0.05, 0.1) is 0 Å². The van der Waals surface area contributed by atoms with Crippen LogP contribution in [-0.2, 0) is 28.6 Å². The van der Waals surface area contributed by atoms with Crippen molar-refractivity contribution in [3.8, 4) is 0 Å². The van der Waals surface area contributed by atoms with Crippen LogP contribution in [0.25, 0.3) is 0 Å². The lowest BCUT2D eigenvalue weighted by Gasteiger charge is -2.18. The zero-order valence-electron chi connectivity index (χ0n) is 42.4. The van der Waals surface area contributed by atoms with Crippen LogP contribution in [0.3, 0.4) is 0 Å². The van der Waals surface area contributed by atoms with Gasteiger partial charge in [-0.15, -0.1) is 0 Å². The number of esters is 3. The van der Waals surface area contributed by atoms with Gasteiger partial charge in [0, 0.05) is 19.3 Å². The summed E-state index contributed by atoms with van der Waals surface area (Å²) < 4.78 is 16.8. The molecule has 0 rings (SSSR count). The van der Waals surface area contributed by atoms with E-state index in [1.54, 1.807) is 0 Å². The molecule has 0 N–H and O–H groups in total. The van der Waals surface area contributed by atoms with Crippen LogP contribution < -0.4 is 0 Å². The summed E-state index contributed by atoms with van der Waals surface area (Å²) in [5.74, 6) is -0.868. The molecule has 0 aliphatic carbocycles. The Hall–Kier alpha value is -2.11. The van der Waals surface area contributed by atoms with E-state index in [0.29, 0.717) is 19.3 Å². The van der Waals surface area contributed by atoms with Crippen molar-refractivity contribution in [2.45, 2.75) is 309 Å². The lowest BCUT2D eigenvalue weighted by Crippen LogP contribution is -2.30. The van der Waals surface area contributed by atoms with E-state index >= 15 is 0 Å². The van der Waals surface area contributed by atoms with Crippen molar-refractivity contribution in [2.24, 2.45) is 0 Å². The van der Waals surface area contributed by atoms with Crippen LogP contribution in [0, 0.1) is 0 Å². The fourth-order valence-electron chi connectivity index (χ4n) is 8.20. The van der Waals surface area contributed by atoms with Crippen LogP contribution in [0.15, 0.2) is 24.3 Å². The number of unbranched alkanes of at least 4 members (excludes halogenated alkanes) is 36. The minimum absolute atomic E-state index is 0.0715. The molecule has 0 aromatic carbocycles. The molecule has 0 aromatic rings. The van der Waals surface area contributed by atoms with Crippen LogP contribution in [0.1, 0.15) is 303 Å². The van der Waals surface area contributed by atoms with Gasteiger partial charge < -0.3 is 14.2 Å². The Kier molecular flexibility index (Phi) is 50.8. The topological polar surface area (TPSA) is 78.9 Å². The number of carbonyl (C=O) groups excluding carboxylic acids is 3. The normalized spacial score (nSPS) is 12.1. The van der Waals surface area contributed by atoms with E-state index in [9.17, 15) is 14.4 Å². The SMILES string of the molecule is CCCCCCCC/C=C\CCCCCCCCCC(=O)O[C@H](COC(=O)CCCCCCC/C=C\CCCCCCCC)COC(=O)CCCCCCCCCCCCCCC. The van der Waals surface area contributed by atoms with Crippen LogP contribution in [0.4, 0.5) is 0 Å². The molecule has 6 heteroatoms. The Bertz CT molecular complexity index is 1020. The smallest absolute Gasteiger partial charge is 0.306 e. The molecule has 0 aromatic heterocycles. The van der Waals surface area contributed by atoms with Gasteiger partial charge in [0.25, 0.3) is 0 Å². The van der Waals surface area contributed by atoms with Gasteiger partial charge in [0.1, 0.15) is 13.2 Å². The van der Waals surface area contributed by atoms with Gasteiger partial charge in [-0.3, -0.25) is 14.4 Å². The van der Waals surface area contributed by atoms with E-state index in [0.717, 1.165) is 64.2 Å². The average Bonchev–Trinajstić information content (AvgIpc) is 3.28. The molecular weight excluding hydrogens is 781 g/mol. The molecule has 0 aliphatic rings. The highest BCUT2D eigenvalue weighted by Gasteiger charge is 2.19. The Morgan fingerprint density at radius 2 is 0.524 bits per heavy atom. The monoisotopic (exact) mass is 887 g/mol. The van der Waals surface area contributed by atoms with Crippen molar-refractivity contribution in [2.75, 3.05) is 13.2 Å². The first kappa shape index (κ1) is 60.9. The minimum atomic E-state index is -0.772. The lowest BCUT2D eigenvalue weighted by molar-refractivity contribution is -0.167. The van der Waals surface area contributed by atoms with E-state index in [1.807, 2.05) is 0 Å². The second-order valence-corrected chi connectivity index (χ2v) is 18.8. The summed E-state index contributed by atoms with van der Waals surface area (Å²) in [6.07, 6.45) is 60.2. The summed E-state index contributed by atoms with van der Waals surface area (Å²) in [5, 5.41) is 0. The average molecular weight is 887 g/mol. The fourth-order valence-corrected chi connectivity index (χ4v) is 8.20. The molecule has 0 amide bonds. The van der Waals surface area contributed by atoms with Gasteiger partial charge in [-0.05, 0) is 70.6 Å². The third kappa shape index (κ3) is 50.7. The molecule has 63 heavy (non-hydrogen) atoms. The summed E-state index contributed by atoms with van der Waals surface area (Å²) in [6, 6.07) is 0. The van der Waals surface area contributed by atoms with Crippen molar-refractivity contribution in [1.82, 2.24) is 0 Å². The van der Waals surface area contributed by atoms with Crippen molar-refractivity contribution in [3.05, 3.63) is 24.3 Å². The molecule has 0 saturated heterocycles. The largest absolute Gasteiger partial charge is 0.462 e. The maximum absolute atomic E-state index is 12.8. The summed E-state index contributed by atoms with van der Waals surface area (Å²) in [5.41, 5.74) is 0. The van der Waals surface area contributed by atoms with Crippen molar-refractivity contribution in [3.63, 3.8) is 0 Å². The third-order valence-electron chi connectivity index (χ3n) is 12.4. The summed E-state index contributed by atoms with van der Waals surface area (Å²) in [4.78, 5) is 38.1. The second kappa shape index (κ2) is 52.5. The van der Waals surface area contributed by atoms with Gasteiger partial charge in [0.2, 0.25) is 0 Å². The molecule has 370 valence electrons. The molecule has 1 atom stereocenters. The first-order chi connectivity index (χ1) is 31.0. The quantitative estimate of drug-likeness (QED) is 0.0262. The van der Waals surface area contributed by atoms with Crippen LogP contribution >= 0.6 is 0 Å². The van der Waals surface area contributed by atoms with E-state index < -0.39 is 6.10 Å². The van der Waals surface area contributed by atoms with E-state index in [-0.39, 0.29) is 31.1 Å². The van der Waals surface area contributed by atoms with Crippen molar-refractivity contribution in [1.29, 1.82) is 0 Å². The maximum Gasteiger partial charge on any atom is 0.306 e. The predicted molar refractivity (Wildman–Crippen MR) is 270 cm³/mol. The van der Waals surface area contributed by atoms with E-state index in [4.69, 9.17) is 14.2 Å². The van der Waals surface area contributed by atoms with Crippen molar-refractivity contribution >= 4 is 17.9 Å². The van der Waals surface area contributed by atoms with Crippen molar-refractivity contribution < 1.29 is 28.6 Å².